The van der Waals surface area contributed by atoms with Gasteiger partial charge >= 0.3 is 0 Å². The second-order valence-corrected chi connectivity index (χ2v) is 6.91. The zero-order chi connectivity index (χ0) is 16.4. The summed E-state index contributed by atoms with van der Waals surface area (Å²) in [5.41, 5.74) is 7.42. The van der Waals surface area contributed by atoms with Crippen LogP contribution in [0.2, 0.25) is 0 Å². The van der Waals surface area contributed by atoms with Gasteiger partial charge in [0.15, 0.2) is 0 Å². The molecular weight excluding hydrogens is 313 g/mol. The maximum absolute atomic E-state index is 13.3. The molecule has 0 unspecified atom stereocenters. The first-order valence-corrected chi connectivity index (χ1v) is 8.66. The van der Waals surface area contributed by atoms with Gasteiger partial charge in [0.1, 0.15) is 10.8 Å². The molecule has 2 heterocycles. The molecule has 1 fully saturated rings. The standard InChI is InChI=1S/C17H20FN3OS/c1-11-7-14(19)5-6-21(11)16(22)9-15-10-23-17(20-15)12-3-2-4-13(18)8-12/h2-4,8,10-11,14H,5-7,9,19H2,1H3/t11-,14+/m1/s1. The number of carbonyl (C=O) groups excluding carboxylic acids is 1. The lowest BCUT2D eigenvalue weighted by Gasteiger charge is -2.36. The predicted octanol–water partition coefficient (Wildman–Crippen LogP) is 2.83. The van der Waals surface area contributed by atoms with E-state index in [2.05, 4.69) is 4.98 Å². The molecule has 1 aromatic carbocycles. The van der Waals surface area contributed by atoms with Crippen LogP contribution in [-0.4, -0.2) is 34.4 Å². The van der Waals surface area contributed by atoms with Crippen molar-refractivity contribution in [2.45, 2.75) is 38.3 Å². The van der Waals surface area contributed by atoms with Gasteiger partial charge < -0.3 is 10.6 Å². The number of rotatable bonds is 3. The maximum Gasteiger partial charge on any atom is 0.228 e. The molecule has 1 saturated heterocycles. The number of carbonyl (C=O) groups is 1. The van der Waals surface area contributed by atoms with Crippen LogP contribution in [0.3, 0.4) is 0 Å². The summed E-state index contributed by atoms with van der Waals surface area (Å²) in [4.78, 5) is 18.8. The highest BCUT2D eigenvalue weighted by molar-refractivity contribution is 7.13. The van der Waals surface area contributed by atoms with Gasteiger partial charge in [0.2, 0.25) is 5.91 Å². The van der Waals surface area contributed by atoms with Crippen molar-refractivity contribution in [3.8, 4) is 10.6 Å². The monoisotopic (exact) mass is 333 g/mol. The minimum Gasteiger partial charge on any atom is -0.340 e. The van der Waals surface area contributed by atoms with Gasteiger partial charge in [-0.15, -0.1) is 11.3 Å². The van der Waals surface area contributed by atoms with Crippen LogP contribution in [0.4, 0.5) is 4.39 Å². The van der Waals surface area contributed by atoms with Crippen molar-refractivity contribution >= 4 is 17.2 Å². The van der Waals surface area contributed by atoms with E-state index in [1.54, 1.807) is 6.07 Å². The van der Waals surface area contributed by atoms with Crippen molar-refractivity contribution in [1.29, 1.82) is 0 Å². The summed E-state index contributed by atoms with van der Waals surface area (Å²) in [7, 11) is 0. The number of piperidine rings is 1. The Bertz CT molecular complexity index is 703. The van der Waals surface area contributed by atoms with E-state index < -0.39 is 0 Å². The van der Waals surface area contributed by atoms with Crippen molar-refractivity contribution in [2.75, 3.05) is 6.54 Å². The normalized spacial score (nSPS) is 21.4. The van der Waals surface area contributed by atoms with Crippen molar-refractivity contribution in [3.63, 3.8) is 0 Å². The molecule has 2 aromatic rings. The number of aromatic nitrogens is 1. The van der Waals surface area contributed by atoms with Crippen LogP contribution in [0.15, 0.2) is 29.6 Å². The average molecular weight is 333 g/mol. The molecule has 23 heavy (non-hydrogen) atoms. The third kappa shape index (κ3) is 3.76. The van der Waals surface area contributed by atoms with Crippen LogP contribution in [-0.2, 0) is 11.2 Å². The maximum atomic E-state index is 13.3. The summed E-state index contributed by atoms with van der Waals surface area (Å²) in [5.74, 6) is -0.200. The van der Waals surface area contributed by atoms with Crippen LogP contribution in [0, 0.1) is 5.82 Å². The molecule has 1 aromatic heterocycles. The van der Waals surface area contributed by atoms with Crippen molar-refractivity contribution < 1.29 is 9.18 Å². The fourth-order valence-electron chi connectivity index (χ4n) is 2.98. The number of likely N-dealkylation sites (tertiary alicyclic amines) is 1. The summed E-state index contributed by atoms with van der Waals surface area (Å²) >= 11 is 1.43. The minimum absolute atomic E-state index is 0.0838. The van der Waals surface area contributed by atoms with Gasteiger partial charge in [0, 0.05) is 29.6 Å². The quantitative estimate of drug-likeness (QED) is 0.939. The van der Waals surface area contributed by atoms with E-state index in [1.807, 2.05) is 23.3 Å². The summed E-state index contributed by atoms with van der Waals surface area (Å²) < 4.78 is 13.3. The Morgan fingerprint density at radius 3 is 3.09 bits per heavy atom. The van der Waals surface area contributed by atoms with Gasteiger partial charge in [-0.25, -0.2) is 9.37 Å². The Balaban J connectivity index is 1.68. The summed E-state index contributed by atoms with van der Waals surface area (Å²) in [6, 6.07) is 6.71. The Hall–Kier alpha value is -1.79. The van der Waals surface area contributed by atoms with E-state index >= 15 is 0 Å². The Kier molecular flexibility index (Phi) is 4.73. The highest BCUT2D eigenvalue weighted by Crippen LogP contribution is 2.25. The molecule has 2 atom stereocenters. The van der Waals surface area contributed by atoms with Crippen LogP contribution < -0.4 is 5.73 Å². The van der Waals surface area contributed by atoms with E-state index in [4.69, 9.17) is 5.73 Å². The average Bonchev–Trinajstić information content (AvgIpc) is 2.95. The first-order chi connectivity index (χ1) is 11.0. The first-order valence-electron chi connectivity index (χ1n) is 7.78. The third-order valence-electron chi connectivity index (χ3n) is 4.19. The zero-order valence-corrected chi connectivity index (χ0v) is 13.9. The predicted molar refractivity (Wildman–Crippen MR) is 89.6 cm³/mol. The highest BCUT2D eigenvalue weighted by Gasteiger charge is 2.27. The van der Waals surface area contributed by atoms with E-state index in [0.29, 0.717) is 6.54 Å². The fourth-order valence-corrected chi connectivity index (χ4v) is 3.79. The lowest BCUT2D eigenvalue weighted by atomic mass is 9.98. The van der Waals surface area contributed by atoms with Crippen LogP contribution in [0.1, 0.15) is 25.5 Å². The molecular formula is C17H20FN3OS. The lowest BCUT2D eigenvalue weighted by Crippen LogP contribution is -2.48. The Morgan fingerprint density at radius 1 is 1.52 bits per heavy atom. The summed E-state index contributed by atoms with van der Waals surface area (Å²) in [6.45, 7) is 2.75. The molecule has 1 amide bonds. The highest BCUT2D eigenvalue weighted by atomic mass is 32.1. The molecule has 0 bridgehead atoms. The van der Waals surface area contributed by atoms with Gasteiger partial charge in [-0.2, -0.15) is 0 Å². The number of benzene rings is 1. The van der Waals surface area contributed by atoms with Gasteiger partial charge in [-0.3, -0.25) is 4.79 Å². The minimum atomic E-state index is -0.284. The molecule has 122 valence electrons. The van der Waals surface area contributed by atoms with Gasteiger partial charge in [0.05, 0.1) is 12.1 Å². The molecule has 1 aliphatic heterocycles. The van der Waals surface area contributed by atoms with E-state index in [1.165, 1.54) is 23.5 Å². The number of halogens is 1. The first kappa shape index (κ1) is 16.1. The molecule has 4 nitrogen and oxygen atoms in total. The number of hydrogen-bond acceptors (Lipinski definition) is 4. The molecule has 2 N–H and O–H groups in total. The number of nitrogens with two attached hydrogens (primary N) is 1. The molecule has 0 aliphatic carbocycles. The van der Waals surface area contributed by atoms with Crippen molar-refractivity contribution in [3.05, 3.63) is 41.2 Å². The second-order valence-electron chi connectivity index (χ2n) is 6.05. The van der Waals surface area contributed by atoms with Gasteiger partial charge in [0.25, 0.3) is 0 Å². The number of nitrogens with zero attached hydrogens (tertiary/aromatic N) is 2. The summed E-state index contributed by atoms with van der Waals surface area (Å²) in [6.07, 6.45) is 1.98. The van der Waals surface area contributed by atoms with Crippen LogP contribution in [0.5, 0.6) is 0 Å². The Morgan fingerprint density at radius 2 is 2.35 bits per heavy atom. The molecule has 0 radical (unpaired) electrons. The molecule has 1 aliphatic rings. The van der Waals surface area contributed by atoms with E-state index in [-0.39, 0.29) is 30.2 Å². The summed E-state index contributed by atoms with van der Waals surface area (Å²) in [5, 5.41) is 2.61. The number of thiazole rings is 1. The second kappa shape index (κ2) is 6.76. The third-order valence-corrected chi connectivity index (χ3v) is 5.13. The largest absolute Gasteiger partial charge is 0.340 e. The number of hydrogen-bond donors (Lipinski definition) is 1. The zero-order valence-electron chi connectivity index (χ0n) is 13.0. The van der Waals surface area contributed by atoms with Crippen LogP contribution >= 0.6 is 11.3 Å². The van der Waals surface area contributed by atoms with E-state index in [0.717, 1.165) is 29.1 Å². The topological polar surface area (TPSA) is 59.2 Å². The molecule has 3 rings (SSSR count). The van der Waals surface area contributed by atoms with Gasteiger partial charge in [-0.1, -0.05) is 12.1 Å². The van der Waals surface area contributed by atoms with E-state index in [9.17, 15) is 9.18 Å². The van der Waals surface area contributed by atoms with Gasteiger partial charge in [-0.05, 0) is 31.9 Å². The molecule has 0 spiro atoms. The van der Waals surface area contributed by atoms with Crippen molar-refractivity contribution in [1.82, 2.24) is 9.88 Å². The smallest absolute Gasteiger partial charge is 0.228 e. The fraction of sp³-hybridized carbons (Fsp3) is 0.412. The Labute approximate surface area is 139 Å². The SMILES string of the molecule is C[C@@H]1C[C@@H](N)CCN1C(=O)Cc1csc(-c2cccc(F)c2)n1. The lowest BCUT2D eigenvalue weighted by molar-refractivity contribution is -0.133. The molecule has 0 saturated carbocycles. The number of amides is 1. The van der Waals surface area contributed by atoms with Crippen molar-refractivity contribution in [2.24, 2.45) is 5.73 Å². The van der Waals surface area contributed by atoms with Crippen LogP contribution in [0.25, 0.3) is 10.6 Å². The molecule has 6 heteroatoms.